The minimum Gasteiger partial charge on any atom is -0.391 e. The van der Waals surface area contributed by atoms with Gasteiger partial charge in [0.2, 0.25) is 10.0 Å². The molecule has 176 valence electrons. The maximum atomic E-state index is 13.6. The van der Waals surface area contributed by atoms with Gasteiger partial charge in [-0.2, -0.15) is 4.72 Å². The maximum Gasteiger partial charge on any atom is 0.242 e. The zero-order chi connectivity index (χ0) is 23.6. The molecule has 0 aliphatic carbocycles. The van der Waals surface area contributed by atoms with Crippen molar-refractivity contribution in [2.24, 2.45) is 0 Å². The van der Waals surface area contributed by atoms with E-state index in [9.17, 15) is 28.1 Å². The Bertz CT molecular complexity index is 1190. The summed E-state index contributed by atoms with van der Waals surface area (Å²) in [5.74, 6) is -0.472. The average molecular weight is 479 g/mol. The number of aliphatic hydroxyl groups is 3. The summed E-state index contributed by atoms with van der Waals surface area (Å²) in [7, 11) is -4.09. The normalized spacial score (nSPS) is 26.5. The highest BCUT2D eigenvalue weighted by Gasteiger charge is 2.41. The molecule has 3 aromatic rings. The van der Waals surface area contributed by atoms with Gasteiger partial charge in [0.05, 0.1) is 29.9 Å². The largest absolute Gasteiger partial charge is 0.391 e. The van der Waals surface area contributed by atoms with E-state index in [1.807, 2.05) is 0 Å². The minimum absolute atomic E-state index is 0.0466. The molecule has 33 heavy (non-hydrogen) atoms. The summed E-state index contributed by atoms with van der Waals surface area (Å²) in [5.41, 5.74) is 0.701. The fourth-order valence-corrected chi connectivity index (χ4v) is 4.83. The molecule has 0 bridgehead atoms. The van der Waals surface area contributed by atoms with Crippen LogP contribution in [0.1, 0.15) is 12.5 Å². The molecule has 10 nitrogen and oxygen atoms in total. The molecule has 1 fully saturated rings. The molecule has 0 amide bonds. The predicted molar refractivity (Wildman–Crippen MR) is 114 cm³/mol. The van der Waals surface area contributed by atoms with E-state index in [1.54, 1.807) is 24.3 Å². The molecule has 1 aromatic heterocycles. The molecule has 4 rings (SSSR count). The lowest BCUT2D eigenvalue weighted by atomic mass is 9.97. The maximum absolute atomic E-state index is 13.6. The zero-order valence-corrected chi connectivity index (χ0v) is 18.1. The number of rotatable bonds is 5. The van der Waals surface area contributed by atoms with Gasteiger partial charge in [-0.15, -0.1) is 5.10 Å². The molecular formula is C21H23FN4O6S. The Morgan fingerprint density at radius 2 is 1.85 bits per heavy atom. The molecule has 5 atom stereocenters. The first-order valence-corrected chi connectivity index (χ1v) is 11.6. The first kappa shape index (κ1) is 23.4. The number of nitrogens with one attached hydrogen (secondary N) is 1. The Hall–Kier alpha value is -2.74. The summed E-state index contributed by atoms with van der Waals surface area (Å²) in [6, 6.07) is 11.9. The second-order valence-corrected chi connectivity index (χ2v) is 9.43. The van der Waals surface area contributed by atoms with Gasteiger partial charge in [0.25, 0.3) is 0 Å². The molecule has 0 saturated carbocycles. The Labute approximate surface area is 189 Å². The lowest BCUT2D eigenvalue weighted by Gasteiger charge is -2.36. The van der Waals surface area contributed by atoms with Crippen molar-refractivity contribution in [2.75, 3.05) is 6.61 Å². The van der Waals surface area contributed by atoms with Crippen LogP contribution < -0.4 is 4.72 Å². The van der Waals surface area contributed by atoms with Crippen molar-refractivity contribution in [2.45, 2.75) is 41.9 Å². The third-order valence-corrected chi connectivity index (χ3v) is 6.73. The van der Waals surface area contributed by atoms with E-state index in [0.29, 0.717) is 5.56 Å². The van der Waals surface area contributed by atoms with E-state index in [1.165, 1.54) is 36.5 Å². The quantitative estimate of drug-likeness (QED) is 0.413. The molecule has 0 spiro atoms. The number of ether oxygens (including phenoxy) is 1. The van der Waals surface area contributed by atoms with Gasteiger partial charge < -0.3 is 20.1 Å². The fraction of sp³-hybridized carbons (Fsp3) is 0.333. The summed E-state index contributed by atoms with van der Waals surface area (Å²) in [5, 5.41) is 39.8. The number of benzene rings is 2. The van der Waals surface area contributed by atoms with E-state index >= 15 is 0 Å². The molecule has 2 heterocycles. The smallest absolute Gasteiger partial charge is 0.242 e. The second-order valence-electron chi connectivity index (χ2n) is 7.72. The van der Waals surface area contributed by atoms with Crippen molar-refractivity contribution < 1.29 is 32.9 Å². The Morgan fingerprint density at radius 1 is 1.09 bits per heavy atom. The van der Waals surface area contributed by atoms with Crippen LogP contribution in [0, 0.1) is 5.82 Å². The fourth-order valence-electron chi connectivity index (χ4n) is 3.67. The van der Waals surface area contributed by atoms with Crippen molar-refractivity contribution in [3.8, 4) is 11.3 Å². The SMILES string of the molecule is O=S(=O)(N[C@@H]1OCC(O)C[C@H](O)C(n2cc(-c3cccc(F)c3)nn2)C1O)c1ccccc1. The summed E-state index contributed by atoms with van der Waals surface area (Å²) >= 11 is 0. The summed E-state index contributed by atoms with van der Waals surface area (Å²) in [6.07, 6.45) is -4.31. The standard InChI is InChI=1S/C21H23FN4O6S/c22-14-6-4-5-13(9-14)17-11-26(25-23-17)19-18(28)10-15(27)12-32-21(20(19)29)24-33(30,31)16-7-2-1-3-8-16/h1-9,11,15,18-21,24,27-29H,10,12H2/t15?,18-,19?,20?,21+/m0/s1. The molecule has 1 aliphatic heterocycles. The van der Waals surface area contributed by atoms with Crippen LogP contribution in [0.4, 0.5) is 4.39 Å². The van der Waals surface area contributed by atoms with Gasteiger partial charge in [-0.05, 0) is 24.3 Å². The van der Waals surface area contributed by atoms with E-state index in [-0.39, 0.29) is 23.6 Å². The number of nitrogens with zero attached hydrogens (tertiary/aromatic N) is 3. The van der Waals surface area contributed by atoms with Gasteiger partial charge in [0.15, 0.2) is 0 Å². The third-order valence-electron chi connectivity index (χ3n) is 5.30. The van der Waals surface area contributed by atoms with Crippen molar-refractivity contribution in [1.29, 1.82) is 0 Å². The van der Waals surface area contributed by atoms with Crippen molar-refractivity contribution in [3.05, 3.63) is 66.6 Å². The van der Waals surface area contributed by atoms with Gasteiger partial charge in [0, 0.05) is 12.0 Å². The number of hydrogen-bond donors (Lipinski definition) is 4. The molecular weight excluding hydrogens is 455 g/mol. The van der Waals surface area contributed by atoms with Gasteiger partial charge in [-0.1, -0.05) is 35.5 Å². The van der Waals surface area contributed by atoms with Crippen LogP contribution in [0.25, 0.3) is 11.3 Å². The number of halogens is 1. The molecule has 4 N–H and O–H groups in total. The van der Waals surface area contributed by atoms with Crippen LogP contribution in [0.15, 0.2) is 65.7 Å². The number of hydrogen-bond acceptors (Lipinski definition) is 8. The highest BCUT2D eigenvalue weighted by Crippen LogP contribution is 2.28. The van der Waals surface area contributed by atoms with Crippen LogP contribution in [0.2, 0.25) is 0 Å². The minimum atomic E-state index is -4.09. The highest BCUT2D eigenvalue weighted by atomic mass is 32.2. The Morgan fingerprint density at radius 3 is 2.58 bits per heavy atom. The average Bonchev–Trinajstić information content (AvgIpc) is 3.26. The summed E-state index contributed by atoms with van der Waals surface area (Å²) in [6.45, 7) is -0.311. The molecule has 0 radical (unpaired) electrons. The third kappa shape index (κ3) is 5.27. The van der Waals surface area contributed by atoms with Crippen LogP contribution in [0.3, 0.4) is 0 Å². The molecule has 1 aliphatic rings. The first-order valence-electron chi connectivity index (χ1n) is 10.2. The Balaban J connectivity index is 1.65. The number of aliphatic hydroxyl groups excluding tert-OH is 3. The van der Waals surface area contributed by atoms with Crippen LogP contribution in [-0.4, -0.2) is 69.9 Å². The van der Waals surface area contributed by atoms with Crippen LogP contribution in [0.5, 0.6) is 0 Å². The zero-order valence-electron chi connectivity index (χ0n) is 17.3. The molecule has 12 heteroatoms. The first-order chi connectivity index (χ1) is 15.7. The lowest BCUT2D eigenvalue weighted by Crippen LogP contribution is -2.54. The van der Waals surface area contributed by atoms with Gasteiger partial charge in [-0.3, -0.25) is 0 Å². The lowest BCUT2D eigenvalue weighted by molar-refractivity contribution is -0.135. The van der Waals surface area contributed by atoms with Gasteiger partial charge in [-0.25, -0.2) is 17.5 Å². The topological polar surface area (TPSA) is 147 Å². The van der Waals surface area contributed by atoms with E-state index in [0.717, 1.165) is 4.68 Å². The molecule has 1 saturated heterocycles. The monoisotopic (exact) mass is 478 g/mol. The number of sulfonamides is 1. The van der Waals surface area contributed by atoms with Gasteiger partial charge in [0.1, 0.15) is 29.9 Å². The van der Waals surface area contributed by atoms with Gasteiger partial charge >= 0.3 is 0 Å². The summed E-state index contributed by atoms with van der Waals surface area (Å²) < 4.78 is 48.0. The molecule has 2 aromatic carbocycles. The van der Waals surface area contributed by atoms with Crippen molar-refractivity contribution in [1.82, 2.24) is 19.7 Å². The second kappa shape index (κ2) is 9.63. The summed E-state index contributed by atoms with van der Waals surface area (Å²) in [4.78, 5) is -0.0466. The number of aromatic nitrogens is 3. The van der Waals surface area contributed by atoms with Crippen molar-refractivity contribution >= 4 is 10.0 Å². The Kier molecular flexibility index (Phi) is 6.83. The van der Waals surface area contributed by atoms with Crippen LogP contribution >= 0.6 is 0 Å². The van der Waals surface area contributed by atoms with Crippen LogP contribution in [-0.2, 0) is 14.8 Å². The van der Waals surface area contributed by atoms with Crippen molar-refractivity contribution in [3.63, 3.8) is 0 Å². The molecule has 3 unspecified atom stereocenters. The van der Waals surface area contributed by atoms with E-state index in [4.69, 9.17) is 4.74 Å². The van der Waals surface area contributed by atoms with E-state index in [2.05, 4.69) is 15.0 Å². The van der Waals surface area contributed by atoms with E-state index < -0.39 is 46.4 Å². The highest BCUT2D eigenvalue weighted by molar-refractivity contribution is 7.89. The predicted octanol–water partition coefficient (Wildman–Crippen LogP) is 0.433.